The Kier molecular flexibility index (Phi) is 16.6. The first-order valence-electron chi connectivity index (χ1n) is 13.9. The van der Waals surface area contributed by atoms with Gasteiger partial charge in [-0.3, -0.25) is 0 Å². The van der Waals surface area contributed by atoms with Crippen molar-refractivity contribution in [1.29, 1.82) is 0 Å². The monoisotopic (exact) mass is 546 g/mol. The Morgan fingerprint density at radius 3 is 1.90 bits per heavy atom. The van der Waals surface area contributed by atoms with Gasteiger partial charge in [0, 0.05) is 45.2 Å². The Morgan fingerprint density at radius 2 is 1.41 bits per heavy atom. The smallest absolute Gasteiger partial charge is 0.366 e. The van der Waals surface area contributed by atoms with Gasteiger partial charge in [0.1, 0.15) is 0 Å². The first kappa shape index (κ1) is 32.9. The lowest BCUT2D eigenvalue weighted by Crippen LogP contribution is -2.48. The molecule has 8 nitrogen and oxygen atoms in total. The van der Waals surface area contributed by atoms with Crippen molar-refractivity contribution in [2.75, 3.05) is 46.2 Å². The van der Waals surface area contributed by atoms with Gasteiger partial charge in [-0.05, 0) is 43.7 Å². The highest BCUT2D eigenvalue weighted by molar-refractivity contribution is 5.77. The van der Waals surface area contributed by atoms with E-state index in [2.05, 4.69) is 12.1 Å². The van der Waals surface area contributed by atoms with Gasteiger partial charge >= 0.3 is 5.97 Å². The van der Waals surface area contributed by atoms with E-state index >= 15 is 0 Å². The fraction of sp³-hybridized carbons (Fsp3) is 0.581. The van der Waals surface area contributed by atoms with E-state index in [1.54, 1.807) is 13.8 Å². The Bertz CT molecular complexity index is 865. The molecule has 0 radical (unpaired) electrons. The number of rotatable bonds is 16. The lowest BCUT2D eigenvalue weighted by atomic mass is 10.0. The summed E-state index contributed by atoms with van der Waals surface area (Å²) in [6.07, 6.45) is 3.58. The van der Waals surface area contributed by atoms with Crippen molar-refractivity contribution in [1.82, 2.24) is 0 Å². The van der Waals surface area contributed by atoms with E-state index in [0.717, 1.165) is 25.7 Å². The molecule has 1 heterocycles. The molecule has 2 aromatic carbocycles. The van der Waals surface area contributed by atoms with Crippen LogP contribution in [0.25, 0.3) is 0 Å². The van der Waals surface area contributed by atoms with Crippen LogP contribution >= 0.6 is 0 Å². The molecule has 3 rings (SSSR count). The number of aliphatic hydroxyl groups is 2. The second kappa shape index (κ2) is 19.7. The zero-order chi connectivity index (χ0) is 28.2. The molecule has 1 aliphatic heterocycles. The molecule has 0 unspecified atom stereocenters. The summed E-state index contributed by atoms with van der Waals surface area (Å²) in [6, 6.07) is 20.2. The van der Waals surface area contributed by atoms with E-state index in [4.69, 9.17) is 33.9 Å². The van der Waals surface area contributed by atoms with E-state index in [9.17, 15) is 4.79 Å². The molecule has 0 amide bonds. The second-order valence-corrected chi connectivity index (χ2v) is 9.75. The summed E-state index contributed by atoms with van der Waals surface area (Å²) < 4.78 is 27.3. The number of carbonyl (C=O) groups excluding carboxylic acids is 1. The van der Waals surface area contributed by atoms with Gasteiger partial charge in [0.2, 0.25) is 0 Å². The first-order valence-corrected chi connectivity index (χ1v) is 13.9. The van der Waals surface area contributed by atoms with E-state index in [-0.39, 0.29) is 25.0 Å². The summed E-state index contributed by atoms with van der Waals surface area (Å²) in [6.45, 7) is 7.47. The molecule has 1 saturated heterocycles. The lowest BCUT2D eigenvalue weighted by Gasteiger charge is -2.35. The maximum Gasteiger partial charge on any atom is 0.366 e. The highest BCUT2D eigenvalue weighted by Gasteiger charge is 2.41. The molecule has 0 bridgehead atoms. The van der Waals surface area contributed by atoms with Gasteiger partial charge in [0.05, 0.1) is 33.0 Å². The van der Waals surface area contributed by atoms with Gasteiger partial charge in [0.25, 0.3) is 5.79 Å². The molecule has 2 N–H and O–H groups in total. The Morgan fingerprint density at radius 1 is 0.897 bits per heavy atom. The van der Waals surface area contributed by atoms with Crippen LogP contribution in [0.15, 0.2) is 60.7 Å². The first-order chi connectivity index (χ1) is 19.0. The Balaban J connectivity index is 0.000000293. The van der Waals surface area contributed by atoms with E-state index < -0.39 is 11.8 Å². The summed E-state index contributed by atoms with van der Waals surface area (Å²) >= 11 is 0. The largest absolute Gasteiger partial charge is 0.462 e. The van der Waals surface area contributed by atoms with Crippen molar-refractivity contribution in [3.05, 3.63) is 71.8 Å². The van der Waals surface area contributed by atoms with Crippen LogP contribution < -0.4 is 0 Å². The molecule has 2 aromatic rings. The molecule has 0 spiro atoms. The third-order valence-electron chi connectivity index (χ3n) is 6.38. The van der Waals surface area contributed by atoms with E-state index in [1.807, 2.05) is 48.5 Å². The molecule has 0 aromatic heterocycles. The van der Waals surface area contributed by atoms with Crippen molar-refractivity contribution in [2.24, 2.45) is 11.8 Å². The number of benzene rings is 2. The normalized spacial score (nSPS) is 18.8. The number of carbonyl (C=O) groups is 1. The predicted octanol–water partition coefficient (Wildman–Crippen LogP) is 4.51. The van der Waals surface area contributed by atoms with Crippen LogP contribution in [0, 0.1) is 11.8 Å². The predicted molar refractivity (Wildman–Crippen MR) is 149 cm³/mol. The summed E-state index contributed by atoms with van der Waals surface area (Å²) in [5.74, 6) is -1.42. The van der Waals surface area contributed by atoms with Crippen molar-refractivity contribution >= 4 is 5.97 Å². The zero-order valence-corrected chi connectivity index (χ0v) is 23.5. The summed E-state index contributed by atoms with van der Waals surface area (Å²) in [7, 11) is 0. The number of esters is 1. The average Bonchev–Trinajstić information content (AvgIpc) is 2.97. The SMILES string of the molecule is CCOC(=O)C1(C)OCC(CCCOCc2ccccc2)CO1.OCC(CO)CCCOCc1ccccc1. The van der Waals surface area contributed by atoms with Crippen LogP contribution in [0.5, 0.6) is 0 Å². The number of hydrogen-bond acceptors (Lipinski definition) is 8. The van der Waals surface area contributed by atoms with Gasteiger partial charge in [-0.2, -0.15) is 0 Å². The molecule has 0 atom stereocenters. The number of ether oxygens (including phenoxy) is 5. The number of hydrogen-bond donors (Lipinski definition) is 2. The molecular weight excluding hydrogens is 500 g/mol. The van der Waals surface area contributed by atoms with Crippen LogP contribution in [-0.2, 0) is 41.7 Å². The maximum atomic E-state index is 11.8. The van der Waals surface area contributed by atoms with Gasteiger partial charge < -0.3 is 33.9 Å². The maximum absolute atomic E-state index is 11.8. The van der Waals surface area contributed by atoms with Gasteiger partial charge in [0.15, 0.2) is 0 Å². The highest BCUT2D eigenvalue weighted by atomic mass is 16.7. The summed E-state index contributed by atoms with van der Waals surface area (Å²) in [5, 5.41) is 17.7. The van der Waals surface area contributed by atoms with E-state index in [1.165, 1.54) is 11.1 Å². The van der Waals surface area contributed by atoms with Crippen molar-refractivity contribution in [3.8, 4) is 0 Å². The number of aliphatic hydroxyl groups excluding tert-OH is 2. The third-order valence-corrected chi connectivity index (χ3v) is 6.38. The third kappa shape index (κ3) is 13.5. The minimum atomic E-state index is -1.25. The minimum absolute atomic E-state index is 0.000301. The Hall–Kier alpha value is -2.33. The topological polar surface area (TPSA) is 104 Å². The van der Waals surface area contributed by atoms with Crippen LogP contribution in [-0.4, -0.2) is 68.2 Å². The molecule has 0 saturated carbocycles. The molecule has 218 valence electrons. The fourth-order valence-electron chi connectivity index (χ4n) is 3.91. The van der Waals surface area contributed by atoms with Crippen molar-refractivity contribution in [2.45, 2.75) is 58.5 Å². The molecule has 1 aliphatic rings. The van der Waals surface area contributed by atoms with Crippen molar-refractivity contribution < 1.29 is 38.7 Å². The van der Waals surface area contributed by atoms with Crippen LogP contribution in [0.4, 0.5) is 0 Å². The molecular formula is C31H46O8. The average molecular weight is 547 g/mol. The van der Waals surface area contributed by atoms with Crippen LogP contribution in [0.3, 0.4) is 0 Å². The quantitative estimate of drug-likeness (QED) is 0.234. The standard InChI is InChI=1S/C18H26O5.C13H20O3/c1-3-21-17(19)18(2)22-13-16(14-23-18)10-7-11-20-12-15-8-5-4-6-9-15;14-9-13(10-15)7-4-8-16-11-12-5-2-1-3-6-12/h4-6,8-9,16H,3,7,10-14H2,1-2H3;1-3,5-6,13-15H,4,7-11H2. The molecule has 0 aliphatic carbocycles. The van der Waals surface area contributed by atoms with Gasteiger partial charge in [-0.15, -0.1) is 0 Å². The van der Waals surface area contributed by atoms with E-state index in [0.29, 0.717) is 46.2 Å². The van der Waals surface area contributed by atoms with Crippen LogP contribution in [0.1, 0.15) is 50.7 Å². The lowest BCUT2D eigenvalue weighted by molar-refractivity contribution is -0.274. The summed E-state index contributed by atoms with van der Waals surface area (Å²) in [4.78, 5) is 11.8. The molecule has 8 heteroatoms. The van der Waals surface area contributed by atoms with Crippen LogP contribution in [0.2, 0.25) is 0 Å². The Labute approximate surface area is 233 Å². The van der Waals surface area contributed by atoms with Gasteiger partial charge in [-0.1, -0.05) is 60.7 Å². The zero-order valence-electron chi connectivity index (χ0n) is 23.5. The fourth-order valence-corrected chi connectivity index (χ4v) is 3.91. The molecule has 1 fully saturated rings. The summed E-state index contributed by atoms with van der Waals surface area (Å²) in [5.41, 5.74) is 2.35. The van der Waals surface area contributed by atoms with Gasteiger partial charge in [-0.25, -0.2) is 4.79 Å². The van der Waals surface area contributed by atoms with Crippen molar-refractivity contribution in [3.63, 3.8) is 0 Å². The second-order valence-electron chi connectivity index (χ2n) is 9.75. The molecule has 39 heavy (non-hydrogen) atoms. The highest BCUT2D eigenvalue weighted by Crippen LogP contribution is 2.25. The minimum Gasteiger partial charge on any atom is -0.462 e.